The molecular weight excluding hydrogens is 186 g/mol. The minimum atomic E-state index is -0.138. The van der Waals surface area contributed by atoms with Crippen LogP contribution in [0.3, 0.4) is 0 Å². The lowest BCUT2D eigenvalue weighted by molar-refractivity contribution is -0.142. The summed E-state index contributed by atoms with van der Waals surface area (Å²) in [5, 5.41) is 5.10. The first-order valence-corrected chi connectivity index (χ1v) is 5.17. The summed E-state index contributed by atoms with van der Waals surface area (Å²) in [7, 11) is 0. The predicted octanol–water partition coefficient (Wildman–Crippen LogP) is 1.32. The number of ether oxygens (including phenoxy) is 1. The van der Waals surface area contributed by atoms with Gasteiger partial charge in [0.1, 0.15) is 6.04 Å². The van der Waals surface area contributed by atoms with Gasteiger partial charge in [-0.25, -0.2) is 0 Å². The highest BCUT2D eigenvalue weighted by Gasteiger charge is 2.45. The van der Waals surface area contributed by atoms with Crippen molar-refractivity contribution in [1.29, 1.82) is 0 Å². The van der Waals surface area contributed by atoms with Crippen LogP contribution < -0.4 is 5.32 Å². The third-order valence-corrected chi connectivity index (χ3v) is 2.93. The maximum atomic E-state index is 11.2. The Labute approximate surface area is 80.7 Å². The van der Waals surface area contributed by atoms with Gasteiger partial charge in [-0.1, -0.05) is 6.07 Å². The van der Waals surface area contributed by atoms with Crippen molar-refractivity contribution >= 4 is 17.3 Å². The fraction of sp³-hybridized carbons (Fsp3) is 0.444. The van der Waals surface area contributed by atoms with Crippen LogP contribution in [0.5, 0.6) is 0 Å². The molecule has 0 aromatic carbocycles. The maximum Gasteiger partial charge on any atom is 0.325 e. The quantitative estimate of drug-likeness (QED) is 0.587. The Kier molecular flexibility index (Phi) is 2.33. The molecule has 1 fully saturated rings. The third-order valence-electron chi connectivity index (χ3n) is 1.97. The maximum absolute atomic E-state index is 11.2. The summed E-state index contributed by atoms with van der Waals surface area (Å²) in [6, 6.07) is 4.10. The largest absolute Gasteiger partial charge is 0.465 e. The van der Waals surface area contributed by atoms with Crippen LogP contribution in [0.1, 0.15) is 17.8 Å². The average Bonchev–Trinajstić information content (AvgIpc) is 2.74. The van der Waals surface area contributed by atoms with Crippen molar-refractivity contribution in [3.05, 3.63) is 22.4 Å². The summed E-state index contributed by atoms with van der Waals surface area (Å²) in [5.74, 6) is -0.138. The highest BCUT2D eigenvalue weighted by molar-refractivity contribution is 7.10. The van der Waals surface area contributed by atoms with Crippen molar-refractivity contribution in [3.8, 4) is 0 Å². The second-order valence-electron chi connectivity index (χ2n) is 2.89. The van der Waals surface area contributed by atoms with Crippen molar-refractivity contribution in [3.63, 3.8) is 0 Å². The lowest BCUT2D eigenvalue weighted by atomic mass is 10.3. The van der Waals surface area contributed by atoms with Gasteiger partial charge in [0.05, 0.1) is 12.6 Å². The summed E-state index contributed by atoms with van der Waals surface area (Å²) < 4.78 is 4.90. The molecule has 1 saturated heterocycles. The predicted molar refractivity (Wildman–Crippen MR) is 50.6 cm³/mol. The van der Waals surface area contributed by atoms with Gasteiger partial charge in [-0.15, -0.1) is 11.3 Å². The fourth-order valence-corrected chi connectivity index (χ4v) is 2.11. The molecule has 0 spiro atoms. The molecular formula is C9H11NO2S. The van der Waals surface area contributed by atoms with Crippen LogP contribution in [0.15, 0.2) is 17.5 Å². The SMILES string of the molecule is CCOC(=O)[C@@H]1NC1c1cccs1. The van der Waals surface area contributed by atoms with E-state index in [2.05, 4.69) is 5.32 Å². The first-order chi connectivity index (χ1) is 6.33. The molecule has 1 aromatic heterocycles. The van der Waals surface area contributed by atoms with Gasteiger partial charge in [-0.05, 0) is 18.4 Å². The highest BCUT2D eigenvalue weighted by Crippen LogP contribution is 2.33. The van der Waals surface area contributed by atoms with Gasteiger partial charge in [0.2, 0.25) is 0 Å². The minimum absolute atomic E-state index is 0.112. The number of esters is 1. The summed E-state index contributed by atoms with van der Waals surface area (Å²) >= 11 is 1.66. The lowest BCUT2D eigenvalue weighted by Crippen LogP contribution is -2.13. The molecule has 1 unspecified atom stereocenters. The zero-order chi connectivity index (χ0) is 9.26. The van der Waals surface area contributed by atoms with E-state index in [4.69, 9.17) is 4.74 Å². The summed E-state index contributed by atoms with van der Waals surface area (Å²) in [4.78, 5) is 12.4. The third kappa shape index (κ3) is 1.73. The van der Waals surface area contributed by atoms with Crippen molar-refractivity contribution in [2.24, 2.45) is 0 Å². The standard InChI is InChI=1S/C9H11NO2S/c1-2-12-9(11)8-7(10-8)6-4-3-5-13-6/h3-5,7-8,10H,2H2,1H3/t7?,8-/m1/s1. The van der Waals surface area contributed by atoms with E-state index in [-0.39, 0.29) is 18.1 Å². The molecule has 2 atom stereocenters. The molecule has 1 aliphatic heterocycles. The van der Waals surface area contributed by atoms with Gasteiger partial charge in [0, 0.05) is 4.88 Å². The van der Waals surface area contributed by atoms with Gasteiger partial charge >= 0.3 is 5.97 Å². The van der Waals surface area contributed by atoms with Crippen LogP contribution >= 0.6 is 11.3 Å². The zero-order valence-electron chi connectivity index (χ0n) is 7.32. The number of hydrogen-bond donors (Lipinski definition) is 1. The van der Waals surface area contributed by atoms with E-state index in [1.54, 1.807) is 11.3 Å². The van der Waals surface area contributed by atoms with Gasteiger partial charge in [-0.2, -0.15) is 0 Å². The summed E-state index contributed by atoms with van der Waals surface area (Å²) in [6.07, 6.45) is 0. The first kappa shape index (κ1) is 8.72. The number of nitrogens with one attached hydrogen (secondary N) is 1. The molecule has 0 saturated carbocycles. The number of carbonyl (C=O) groups is 1. The molecule has 1 N–H and O–H groups in total. The van der Waals surface area contributed by atoms with Crippen LogP contribution in [0.25, 0.3) is 0 Å². The van der Waals surface area contributed by atoms with Crippen molar-refractivity contribution in [2.45, 2.75) is 19.0 Å². The number of thiophene rings is 1. The Hall–Kier alpha value is -0.870. The van der Waals surface area contributed by atoms with E-state index in [1.807, 2.05) is 24.4 Å². The topological polar surface area (TPSA) is 48.2 Å². The number of rotatable bonds is 3. The van der Waals surface area contributed by atoms with Crippen LogP contribution in [-0.2, 0) is 9.53 Å². The van der Waals surface area contributed by atoms with Crippen molar-refractivity contribution in [2.75, 3.05) is 6.61 Å². The van der Waals surface area contributed by atoms with E-state index < -0.39 is 0 Å². The smallest absolute Gasteiger partial charge is 0.325 e. The molecule has 1 aliphatic rings. The van der Waals surface area contributed by atoms with E-state index in [1.165, 1.54) is 4.88 Å². The molecule has 0 amide bonds. The van der Waals surface area contributed by atoms with Gasteiger partial charge in [-0.3, -0.25) is 10.1 Å². The van der Waals surface area contributed by atoms with E-state index in [0.29, 0.717) is 6.61 Å². The normalized spacial score (nSPS) is 25.6. The van der Waals surface area contributed by atoms with Gasteiger partial charge in [0.25, 0.3) is 0 Å². The van der Waals surface area contributed by atoms with Gasteiger partial charge in [0.15, 0.2) is 0 Å². The van der Waals surface area contributed by atoms with Crippen molar-refractivity contribution in [1.82, 2.24) is 5.32 Å². The lowest BCUT2D eigenvalue weighted by Gasteiger charge is -1.96. The molecule has 70 valence electrons. The Morgan fingerprint density at radius 1 is 1.77 bits per heavy atom. The van der Waals surface area contributed by atoms with Crippen molar-refractivity contribution < 1.29 is 9.53 Å². The molecule has 3 nitrogen and oxygen atoms in total. The molecule has 13 heavy (non-hydrogen) atoms. The number of carbonyl (C=O) groups excluding carboxylic acids is 1. The van der Waals surface area contributed by atoms with Crippen LogP contribution in [0.2, 0.25) is 0 Å². The molecule has 0 aliphatic carbocycles. The first-order valence-electron chi connectivity index (χ1n) is 4.29. The second kappa shape index (κ2) is 3.47. The molecule has 1 aromatic rings. The van der Waals surface area contributed by atoms with E-state index in [0.717, 1.165) is 0 Å². The molecule has 2 heterocycles. The molecule has 4 heteroatoms. The molecule has 2 rings (SSSR count). The molecule has 0 radical (unpaired) electrons. The Balaban J connectivity index is 1.92. The van der Waals surface area contributed by atoms with E-state index >= 15 is 0 Å². The van der Waals surface area contributed by atoms with Gasteiger partial charge < -0.3 is 4.74 Å². The number of hydrogen-bond acceptors (Lipinski definition) is 4. The Morgan fingerprint density at radius 3 is 3.23 bits per heavy atom. The van der Waals surface area contributed by atoms with Crippen LogP contribution in [-0.4, -0.2) is 18.6 Å². The fourth-order valence-electron chi connectivity index (χ4n) is 1.29. The average molecular weight is 197 g/mol. The highest BCUT2D eigenvalue weighted by atomic mass is 32.1. The van der Waals surface area contributed by atoms with Crippen LogP contribution in [0, 0.1) is 0 Å². The van der Waals surface area contributed by atoms with E-state index in [9.17, 15) is 4.79 Å². The Morgan fingerprint density at radius 2 is 2.62 bits per heavy atom. The van der Waals surface area contributed by atoms with Crippen LogP contribution in [0.4, 0.5) is 0 Å². The summed E-state index contributed by atoms with van der Waals surface area (Å²) in [5.41, 5.74) is 0. The Bertz CT molecular complexity index is 297. The molecule has 0 bridgehead atoms. The monoisotopic (exact) mass is 197 g/mol. The minimum Gasteiger partial charge on any atom is -0.465 e. The second-order valence-corrected chi connectivity index (χ2v) is 3.87. The zero-order valence-corrected chi connectivity index (χ0v) is 8.14. The summed E-state index contributed by atoms with van der Waals surface area (Å²) in [6.45, 7) is 2.27.